The first kappa shape index (κ1) is 16.9. The summed E-state index contributed by atoms with van der Waals surface area (Å²) in [6.07, 6.45) is 0.999. The average Bonchev–Trinajstić information content (AvgIpc) is 3.10. The number of nitrogens with zero attached hydrogens (tertiary/aromatic N) is 3. The highest BCUT2D eigenvalue weighted by molar-refractivity contribution is 7.10. The van der Waals surface area contributed by atoms with Gasteiger partial charge in [0.2, 0.25) is 5.91 Å². The van der Waals surface area contributed by atoms with Crippen LogP contribution in [0.2, 0.25) is 5.02 Å². The number of thiophene rings is 1. The second-order valence-corrected chi connectivity index (χ2v) is 8.06. The molecule has 132 valence electrons. The smallest absolute Gasteiger partial charge is 0.237 e. The van der Waals surface area contributed by atoms with Gasteiger partial charge < -0.3 is 9.80 Å². The molecule has 0 radical (unpaired) electrons. The third kappa shape index (κ3) is 3.68. The molecule has 3 heterocycles. The maximum Gasteiger partial charge on any atom is 0.237 e. The summed E-state index contributed by atoms with van der Waals surface area (Å²) in [4.78, 5) is 20.7. The minimum atomic E-state index is 0.253. The van der Waals surface area contributed by atoms with Gasteiger partial charge in [-0.25, -0.2) is 0 Å². The Morgan fingerprint density at radius 1 is 1.08 bits per heavy atom. The van der Waals surface area contributed by atoms with Crippen molar-refractivity contribution in [1.29, 1.82) is 0 Å². The second kappa shape index (κ2) is 7.36. The van der Waals surface area contributed by atoms with E-state index in [0.717, 1.165) is 56.4 Å². The van der Waals surface area contributed by atoms with Crippen LogP contribution < -0.4 is 4.90 Å². The fourth-order valence-corrected chi connectivity index (χ4v) is 4.75. The summed E-state index contributed by atoms with van der Waals surface area (Å²) in [5.74, 6) is 0.253. The zero-order valence-corrected chi connectivity index (χ0v) is 15.7. The maximum absolute atomic E-state index is 12.7. The third-order valence-electron chi connectivity index (χ3n) is 5.08. The Bertz CT molecular complexity index is 755. The van der Waals surface area contributed by atoms with Gasteiger partial charge in [-0.15, -0.1) is 11.3 Å². The Morgan fingerprint density at radius 3 is 2.68 bits per heavy atom. The van der Waals surface area contributed by atoms with Crippen molar-refractivity contribution in [2.75, 3.05) is 44.2 Å². The zero-order valence-electron chi connectivity index (χ0n) is 14.2. The number of anilines is 1. The van der Waals surface area contributed by atoms with Crippen LogP contribution in [-0.4, -0.2) is 55.0 Å². The molecule has 1 aromatic carbocycles. The molecule has 25 heavy (non-hydrogen) atoms. The van der Waals surface area contributed by atoms with Crippen molar-refractivity contribution in [3.63, 3.8) is 0 Å². The van der Waals surface area contributed by atoms with Gasteiger partial charge in [-0.2, -0.15) is 0 Å². The molecule has 1 fully saturated rings. The van der Waals surface area contributed by atoms with Crippen molar-refractivity contribution in [3.05, 3.63) is 51.2 Å². The lowest BCUT2D eigenvalue weighted by Crippen LogP contribution is -2.50. The molecule has 0 saturated carbocycles. The predicted octanol–water partition coefficient (Wildman–Crippen LogP) is 3.11. The Hall–Kier alpha value is -1.56. The Balaban J connectivity index is 1.30. The molecule has 0 spiro atoms. The molecule has 0 N–H and O–H groups in total. The lowest BCUT2D eigenvalue weighted by molar-refractivity contribution is -0.133. The number of piperazine rings is 1. The molecule has 0 unspecified atom stereocenters. The average molecular weight is 376 g/mol. The molecule has 1 saturated heterocycles. The van der Waals surface area contributed by atoms with Crippen LogP contribution >= 0.6 is 22.9 Å². The summed E-state index contributed by atoms with van der Waals surface area (Å²) in [5, 5.41) is 2.93. The number of amides is 1. The fraction of sp³-hybridized carbons (Fsp3) is 0.421. The first-order valence-electron chi connectivity index (χ1n) is 8.75. The van der Waals surface area contributed by atoms with Crippen LogP contribution in [0.15, 0.2) is 35.7 Å². The SMILES string of the molecule is O=C(CN1CCN(c2ccccc2Cl)CC1)N1CCc2sccc2C1. The lowest BCUT2D eigenvalue weighted by Gasteiger charge is -2.37. The van der Waals surface area contributed by atoms with Crippen molar-refractivity contribution in [1.82, 2.24) is 9.80 Å². The van der Waals surface area contributed by atoms with E-state index in [0.29, 0.717) is 6.54 Å². The summed E-state index contributed by atoms with van der Waals surface area (Å²) in [6, 6.07) is 10.1. The molecule has 1 aromatic heterocycles. The van der Waals surface area contributed by atoms with Crippen LogP contribution in [0.3, 0.4) is 0 Å². The van der Waals surface area contributed by atoms with Gasteiger partial charge in [-0.05, 0) is 35.6 Å². The fourth-order valence-electron chi connectivity index (χ4n) is 3.61. The standard InChI is InChI=1S/C19H22ClN3OS/c20-16-3-1-2-4-17(16)22-10-8-21(9-11-22)14-19(24)23-7-5-18-15(13-23)6-12-25-18/h1-4,6,12H,5,7-11,13-14H2. The van der Waals surface area contributed by atoms with E-state index in [2.05, 4.69) is 27.3 Å². The Labute approximate surface area is 157 Å². The molecule has 4 nitrogen and oxygen atoms in total. The van der Waals surface area contributed by atoms with Gasteiger partial charge in [0.05, 0.1) is 17.3 Å². The highest BCUT2D eigenvalue weighted by Crippen LogP contribution is 2.26. The van der Waals surface area contributed by atoms with Gasteiger partial charge in [-0.3, -0.25) is 9.69 Å². The number of para-hydroxylation sites is 1. The number of hydrogen-bond donors (Lipinski definition) is 0. The van der Waals surface area contributed by atoms with E-state index in [-0.39, 0.29) is 5.91 Å². The van der Waals surface area contributed by atoms with Crippen LogP contribution in [0, 0.1) is 0 Å². The number of benzene rings is 1. The van der Waals surface area contributed by atoms with E-state index < -0.39 is 0 Å². The van der Waals surface area contributed by atoms with Crippen molar-refractivity contribution in [2.45, 2.75) is 13.0 Å². The van der Waals surface area contributed by atoms with E-state index in [1.54, 1.807) is 0 Å². The highest BCUT2D eigenvalue weighted by Gasteiger charge is 2.25. The normalized spacial score (nSPS) is 18.3. The molecule has 0 atom stereocenters. The highest BCUT2D eigenvalue weighted by atomic mass is 35.5. The minimum absolute atomic E-state index is 0.253. The molecular weight excluding hydrogens is 354 g/mol. The lowest BCUT2D eigenvalue weighted by atomic mass is 10.1. The van der Waals surface area contributed by atoms with Crippen molar-refractivity contribution in [2.24, 2.45) is 0 Å². The molecule has 6 heteroatoms. The third-order valence-corrected chi connectivity index (χ3v) is 6.43. The first-order chi connectivity index (χ1) is 12.2. The first-order valence-corrected chi connectivity index (χ1v) is 10.0. The van der Waals surface area contributed by atoms with Crippen molar-refractivity contribution < 1.29 is 4.79 Å². The minimum Gasteiger partial charge on any atom is -0.368 e. The van der Waals surface area contributed by atoms with Gasteiger partial charge in [0, 0.05) is 44.1 Å². The number of fused-ring (bicyclic) bond motifs is 1. The van der Waals surface area contributed by atoms with E-state index >= 15 is 0 Å². The van der Waals surface area contributed by atoms with Crippen molar-refractivity contribution >= 4 is 34.5 Å². The summed E-state index contributed by atoms with van der Waals surface area (Å²) in [5.41, 5.74) is 2.42. The topological polar surface area (TPSA) is 26.8 Å². The van der Waals surface area contributed by atoms with Crippen LogP contribution in [-0.2, 0) is 17.8 Å². The quantitative estimate of drug-likeness (QED) is 0.824. The molecular formula is C19H22ClN3OS. The molecule has 2 aliphatic rings. The van der Waals surface area contributed by atoms with Gasteiger partial charge in [0.15, 0.2) is 0 Å². The van der Waals surface area contributed by atoms with E-state index in [4.69, 9.17) is 11.6 Å². The van der Waals surface area contributed by atoms with Gasteiger partial charge in [0.25, 0.3) is 0 Å². The molecule has 0 aliphatic carbocycles. The largest absolute Gasteiger partial charge is 0.368 e. The van der Waals surface area contributed by atoms with E-state index in [9.17, 15) is 4.79 Å². The summed E-state index contributed by atoms with van der Waals surface area (Å²) < 4.78 is 0. The Morgan fingerprint density at radius 2 is 1.88 bits per heavy atom. The van der Waals surface area contributed by atoms with Gasteiger partial charge in [-0.1, -0.05) is 23.7 Å². The number of carbonyl (C=O) groups is 1. The molecule has 0 bridgehead atoms. The van der Waals surface area contributed by atoms with Crippen molar-refractivity contribution in [3.8, 4) is 0 Å². The van der Waals surface area contributed by atoms with E-state index in [1.807, 2.05) is 34.4 Å². The van der Waals surface area contributed by atoms with Gasteiger partial charge >= 0.3 is 0 Å². The number of hydrogen-bond acceptors (Lipinski definition) is 4. The molecule has 1 amide bonds. The zero-order chi connectivity index (χ0) is 17.2. The predicted molar refractivity (Wildman–Crippen MR) is 104 cm³/mol. The van der Waals surface area contributed by atoms with Crippen LogP contribution in [0.1, 0.15) is 10.4 Å². The summed E-state index contributed by atoms with van der Waals surface area (Å²) in [6.45, 7) is 5.76. The summed E-state index contributed by atoms with van der Waals surface area (Å²) in [7, 11) is 0. The molecule has 2 aliphatic heterocycles. The summed E-state index contributed by atoms with van der Waals surface area (Å²) >= 11 is 8.11. The monoisotopic (exact) mass is 375 g/mol. The molecule has 2 aromatic rings. The maximum atomic E-state index is 12.7. The molecule has 4 rings (SSSR count). The van der Waals surface area contributed by atoms with Crippen LogP contribution in [0.5, 0.6) is 0 Å². The van der Waals surface area contributed by atoms with Crippen LogP contribution in [0.4, 0.5) is 5.69 Å². The number of rotatable bonds is 3. The van der Waals surface area contributed by atoms with Gasteiger partial charge in [0.1, 0.15) is 0 Å². The number of carbonyl (C=O) groups excluding carboxylic acids is 1. The second-order valence-electron chi connectivity index (χ2n) is 6.65. The number of halogens is 1. The Kier molecular flexibility index (Phi) is 4.97. The van der Waals surface area contributed by atoms with Crippen LogP contribution in [0.25, 0.3) is 0 Å². The van der Waals surface area contributed by atoms with E-state index in [1.165, 1.54) is 10.4 Å².